The van der Waals surface area contributed by atoms with Crippen LogP contribution < -0.4 is 10.9 Å². The molecule has 1 aromatic rings. The molecule has 0 aliphatic rings. The fraction of sp³-hybridized carbons (Fsp3) is 0.692. The van der Waals surface area contributed by atoms with E-state index in [0.29, 0.717) is 25.3 Å². The molecule has 114 valence electrons. The minimum absolute atomic E-state index is 0.0466. The Bertz CT molecular complexity index is 500. The van der Waals surface area contributed by atoms with Crippen molar-refractivity contribution < 1.29 is 5.11 Å². The molecule has 0 saturated carbocycles. The number of likely N-dealkylation sites (N-methyl/N-ethyl adjacent to an activating group) is 1. The monoisotopic (exact) mass is 302 g/mol. The zero-order valence-electron chi connectivity index (χ0n) is 12.5. The van der Waals surface area contributed by atoms with Gasteiger partial charge >= 0.3 is 0 Å². The molecule has 0 aromatic carbocycles. The summed E-state index contributed by atoms with van der Waals surface area (Å²) < 4.78 is 1.35. The van der Waals surface area contributed by atoms with Gasteiger partial charge in [-0.3, -0.25) is 4.79 Å². The molecule has 1 heterocycles. The Balaban J connectivity index is 2.81. The van der Waals surface area contributed by atoms with Crippen LogP contribution >= 0.6 is 11.6 Å². The summed E-state index contributed by atoms with van der Waals surface area (Å²) in [5, 5.41) is 16.5. The minimum atomic E-state index is -0.305. The molecular formula is C13H23ClN4O2. The molecule has 0 saturated heterocycles. The van der Waals surface area contributed by atoms with Gasteiger partial charge < -0.3 is 15.3 Å². The molecule has 0 aliphatic carbocycles. The summed E-state index contributed by atoms with van der Waals surface area (Å²) in [7, 11) is 3.86. The van der Waals surface area contributed by atoms with Crippen LogP contribution in [0.1, 0.15) is 13.8 Å². The van der Waals surface area contributed by atoms with E-state index in [1.54, 1.807) is 6.20 Å². The Hall–Kier alpha value is -1.11. The lowest BCUT2D eigenvalue weighted by atomic mass is 9.95. The summed E-state index contributed by atoms with van der Waals surface area (Å²) in [6.07, 6.45) is 1.55. The van der Waals surface area contributed by atoms with Gasteiger partial charge in [-0.1, -0.05) is 25.4 Å². The highest BCUT2D eigenvalue weighted by atomic mass is 35.5. The molecule has 0 bridgehead atoms. The standard InChI is InChI=1S/C13H23ClN4O2/c1-13(2,9-19)8-15-10-7-16-18(6-5-17(3)4)12(20)11(10)14/h7,15,19H,5-6,8-9H2,1-4H3. The van der Waals surface area contributed by atoms with Crippen LogP contribution in [0.5, 0.6) is 0 Å². The first-order valence-electron chi connectivity index (χ1n) is 6.52. The summed E-state index contributed by atoms with van der Waals surface area (Å²) in [5.74, 6) is 0. The summed E-state index contributed by atoms with van der Waals surface area (Å²) in [6.45, 7) is 5.60. The topological polar surface area (TPSA) is 70.4 Å². The maximum Gasteiger partial charge on any atom is 0.287 e. The van der Waals surface area contributed by atoms with E-state index in [4.69, 9.17) is 11.6 Å². The van der Waals surface area contributed by atoms with Crippen LogP contribution in [-0.4, -0.2) is 53.6 Å². The zero-order chi connectivity index (χ0) is 15.3. The third kappa shape index (κ3) is 4.77. The van der Waals surface area contributed by atoms with E-state index in [9.17, 15) is 9.90 Å². The fourth-order valence-electron chi connectivity index (χ4n) is 1.43. The van der Waals surface area contributed by atoms with Crippen molar-refractivity contribution in [2.24, 2.45) is 5.41 Å². The molecular weight excluding hydrogens is 280 g/mol. The van der Waals surface area contributed by atoms with Crippen LogP contribution in [-0.2, 0) is 6.54 Å². The van der Waals surface area contributed by atoms with Crippen molar-refractivity contribution >= 4 is 17.3 Å². The molecule has 0 unspecified atom stereocenters. The highest BCUT2D eigenvalue weighted by Gasteiger charge is 2.17. The number of anilines is 1. The number of aliphatic hydroxyl groups is 1. The lowest BCUT2D eigenvalue weighted by Gasteiger charge is -2.22. The number of nitrogens with one attached hydrogen (secondary N) is 1. The highest BCUT2D eigenvalue weighted by molar-refractivity contribution is 6.32. The molecule has 0 aliphatic heterocycles. The Morgan fingerprint density at radius 3 is 2.70 bits per heavy atom. The van der Waals surface area contributed by atoms with E-state index in [-0.39, 0.29) is 22.6 Å². The molecule has 1 rings (SSSR count). The normalized spacial score (nSPS) is 11.9. The number of halogens is 1. The maximum absolute atomic E-state index is 12.1. The van der Waals surface area contributed by atoms with Gasteiger partial charge in [0.15, 0.2) is 0 Å². The lowest BCUT2D eigenvalue weighted by molar-refractivity contribution is 0.171. The number of hydrogen-bond donors (Lipinski definition) is 2. The smallest absolute Gasteiger partial charge is 0.287 e. The second kappa shape index (κ2) is 7.06. The van der Waals surface area contributed by atoms with Gasteiger partial charge in [0.1, 0.15) is 5.02 Å². The molecule has 7 heteroatoms. The summed E-state index contributed by atoms with van der Waals surface area (Å²) >= 11 is 6.07. The van der Waals surface area contributed by atoms with Crippen molar-refractivity contribution in [2.45, 2.75) is 20.4 Å². The van der Waals surface area contributed by atoms with Crippen molar-refractivity contribution in [1.82, 2.24) is 14.7 Å². The van der Waals surface area contributed by atoms with Gasteiger partial charge in [-0.25, -0.2) is 4.68 Å². The number of aliphatic hydroxyl groups excluding tert-OH is 1. The molecule has 0 spiro atoms. The first-order valence-corrected chi connectivity index (χ1v) is 6.90. The molecule has 0 amide bonds. The fourth-order valence-corrected chi connectivity index (χ4v) is 1.65. The van der Waals surface area contributed by atoms with Gasteiger partial charge in [-0.05, 0) is 14.1 Å². The van der Waals surface area contributed by atoms with Gasteiger partial charge in [-0.2, -0.15) is 5.10 Å². The summed E-state index contributed by atoms with van der Waals surface area (Å²) in [5.41, 5.74) is -0.0945. The van der Waals surface area contributed by atoms with Gasteiger partial charge in [0, 0.05) is 25.1 Å². The van der Waals surface area contributed by atoms with Crippen molar-refractivity contribution in [1.29, 1.82) is 0 Å². The van der Waals surface area contributed by atoms with Gasteiger partial charge in [0.25, 0.3) is 5.56 Å². The highest BCUT2D eigenvalue weighted by Crippen LogP contribution is 2.19. The van der Waals surface area contributed by atoms with Crippen LogP contribution in [0.25, 0.3) is 0 Å². The molecule has 1 aromatic heterocycles. The second-order valence-corrected chi connectivity index (χ2v) is 6.26. The van der Waals surface area contributed by atoms with Crippen LogP contribution in [0.3, 0.4) is 0 Å². The van der Waals surface area contributed by atoms with Crippen molar-refractivity contribution in [2.75, 3.05) is 39.1 Å². The average Bonchev–Trinajstić information content (AvgIpc) is 2.39. The van der Waals surface area contributed by atoms with E-state index in [2.05, 4.69) is 10.4 Å². The summed E-state index contributed by atoms with van der Waals surface area (Å²) in [6, 6.07) is 0. The van der Waals surface area contributed by atoms with E-state index >= 15 is 0 Å². The van der Waals surface area contributed by atoms with Crippen molar-refractivity contribution in [3.05, 3.63) is 21.6 Å². The molecule has 2 N–H and O–H groups in total. The van der Waals surface area contributed by atoms with Gasteiger partial charge in [0.05, 0.1) is 18.4 Å². The number of aromatic nitrogens is 2. The Morgan fingerprint density at radius 2 is 2.15 bits per heavy atom. The van der Waals surface area contributed by atoms with Crippen LogP contribution in [0.15, 0.2) is 11.0 Å². The predicted octanol–water partition coefficient (Wildman–Crippen LogP) is 0.889. The number of nitrogens with zero attached hydrogens (tertiary/aromatic N) is 3. The maximum atomic E-state index is 12.1. The lowest BCUT2D eigenvalue weighted by Crippen LogP contribution is -2.31. The van der Waals surface area contributed by atoms with E-state index < -0.39 is 0 Å². The van der Waals surface area contributed by atoms with Crippen LogP contribution in [0, 0.1) is 5.41 Å². The first-order chi connectivity index (χ1) is 9.26. The quantitative estimate of drug-likeness (QED) is 0.783. The van der Waals surface area contributed by atoms with E-state index in [1.807, 2.05) is 32.8 Å². The number of rotatable bonds is 7. The van der Waals surface area contributed by atoms with Crippen molar-refractivity contribution in [3.8, 4) is 0 Å². The third-order valence-electron chi connectivity index (χ3n) is 2.93. The predicted molar refractivity (Wildman–Crippen MR) is 81.4 cm³/mol. The SMILES string of the molecule is CN(C)CCn1ncc(NCC(C)(C)CO)c(Cl)c1=O. The van der Waals surface area contributed by atoms with E-state index in [0.717, 1.165) is 0 Å². The minimum Gasteiger partial charge on any atom is -0.396 e. The molecule has 0 radical (unpaired) electrons. The first kappa shape index (κ1) is 16.9. The van der Waals surface area contributed by atoms with E-state index in [1.165, 1.54) is 4.68 Å². The zero-order valence-corrected chi connectivity index (χ0v) is 13.2. The largest absolute Gasteiger partial charge is 0.396 e. The van der Waals surface area contributed by atoms with Crippen LogP contribution in [0.2, 0.25) is 5.02 Å². The van der Waals surface area contributed by atoms with Gasteiger partial charge in [-0.15, -0.1) is 0 Å². The number of hydrogen-bond acceptors (Lipinski definition) is 5. The Labute approximate surface area is 124 Å². The third-order valence-corrected chi connectivity index (χ3v) is 3.29. The molecule has 0 atom stereocenters. The Morgan fingerprint density at radius 1 is 1.50 bits per heavy atom. The van der Waals surface area contributed by atoms with Gasteiger partial charge in [0.2, 0.25) is 0 Å². The Kier molecular flexibility index (Phi) is 5.98. The second-order valence-electron chi connectivity index (χ2n) is 5.88. The molecule has 20 heavy (non-hydrogen) atoms. The van der Waals surface area contributed by atoms with Crippen molar-refractivity contribution in [3.63, 3.8) is 0 Å². The van der Waals surface area contributed by atoms with Crippen LogP contribution in [0.4, 0.5) is 5.69 Å². The average molecular weight is 303 g/mol. The molecule has 6 nitrogen and oxygen atoms in total. The summed E-state index contributed by atoms with van der Waals surface area (Å²) in [4.78, 5) is 14.0. The molecule has 0 fully saturated rings.